The summed E-state index contributed by atoms with van der Waals surface area (Å²) >= 11 is 0. The number of nitrogens with zero attached hydrogens (tertiary/aromatic N) is 1. The third-order valence-corrected chi connectivity index (χ3v) is 11.9. The van der Waals surface area contributed by atoms with Crippen LogP contribution in [0.2, 0.25) is 0 Å². The van der Waals surface area contributed by atoms with Crippen LogP contribution < -0.4 is 0 Å². The molecule has 0 aliphatic carbocycles. The second kappa shape index (κ2) is 11.6. The molecule has 0 bridgehead atoms. The van der Waals surface area contributed by atoms with Crippen LogP contribution in [-0.2, 0) is 0 Å². The van der Waals surface area contributed by atoms with E-state index in [1.165, 1.54) is 109 Å². The molecule has 254 valence electrons. The van der Waals surface area contributed by atoms with E-state index in [1.807, 2.05) is 0 Å². The van der Waals surface area contributed by atoms with Gasteiger partial charge >= 0.3 is 0 Å². The van der Waals surface area contributed by atoms with Gasteiger partial charge in [0, 0.05) is 22.2 Å². The maximum Gasteiger partial charge on any atom is 0.0626 e. The lowest BCUT2D eigenvalue weighted by Crippen LogP contribution is -2.00. The Hall–Kier alpha value is -7.22. The van der Waals surface area contributed by atoms with Gasteiger partial charge in [-0.25, -0.2) is 0 Å². The first-order valence-electron chi connectivity index (χ1n) is 19.1. The van der Waals surface area contributed by atoms with Crippen LogP contribution >= 0.6 is 0 Å². The average molecular weight is 696 g/mol. The lowest BCUT2D eigenvalue weighted by atomic mass is 9.86. The van der Waals surface area contributed by atoms with Crippen LogP contribution in [0.3, 0.4) is 0 Å². The third-order valence-electron chi connectivity index (χ3n) is 11.9. The van der Waals surface area contributed by atoms with Crippen molar-refractivity contribution in [3.63, 3.8) is 0 Å². The van der Waals surface area contributed by atoms with Crippen molar-refractivity contribution in [2.45, 2.75) is 0 Å². The SMILES string of the molecule is c1ccc(-n2c(-c3ccc4ccc5cccc6ccc3c4c56)cc3c(-c4cccc5ccccc45)c4ccccc4c(-c4cccc5ccccc45)c32)cc1. The van der Waals surface area contributed by atoms with Crippen LogP contribution in [0.1, 0.15) is 0 Å². The number of fused-ring (bicyclic) bond motifs is 4. The topological polar surface area (TPSA) is 4.93 Å². The maximum atomic E-state index is 2.56. The number of rotatable bonds is 4. The zero-order valence-corrected chi connectivity index (χ0v) is 30.0. The molecule has 1 heterocycles. The first-order chi connectivity index (χ1) is 27.3. The molecule has 0 N–H and O–H groups in total. The average Bonchev–Trinajstić information content (AvgIpc) is 3.64. The van der Waals surface area contributed by atoms with Gasteiger partial charge in [0.1, 0.15) is 0 Å². The van der Waals surface area contributed by atoms with E-state index in [2.05, 4.69) is 205 Å². The fourth-order valence-electron chi connectivity index (χ4n) is 9.59. The number of aromatic nitrogens is 1. The molecule has 55 heavy (non-hydrogen) atoms. The Balaban J connectivity index is 1.34. The highest BCUT2D eigenvalue weighted by atomic mass is 15.0. The third kappa shape index (κ3) is 4.35. The second-order valence-corrected chi connectivity index (χ2v) is 14.8. The van der Waals surface area contributed by atoms with Crippen LogP contribution in [0.15, 0.2) is 200 Å². The van der Waals surface area contributed by atoms with Crippen molar-refractivity contribution >= 4 is 75.5 Å². The molecule has 1 nitrogen and oxygen atoms in total. The summed E-state index contributed by atoms with van der Waals surface area (Å²) in [6.45, 7) is 0. The van der Waals surface area contributed by atoms with Crippen LogP contribution in [0, 0.1) is 0 Å². The van der Waals surface area contributed by atoms with Gasteiger partial charge < -0.3 is 4.57 Å². The van der Waals surface area contributed by atoms with Crippen molar-refractivity contribution in [3.05, 3.63) is 200 Å². The summed E-state index contributed by atoms with van der Waals surface area (Å²) in [5, 5.41) is 16.5. The summed E-state index contributed by atoms with van der Waals surface area (Å²) in [6, 6.07) is 74.2. The van der Waals surface area contributed by atoms with E-state index in [9.17, 15) is 0 Å². The Morgan fingerprint density at radius 1 is 0.273 bits per heavy atom. The van der Waals surface area contributed by atoms with Gasteiger partial charge in [0.25, 0.3) is 0 Å². The summed E-state index contributed by atoms with van der Waals surface area (Å²) < 4.78 is 2.56. The molecular weight excluding hydrogens is 663 g/mol. The minimum absolute atomic E-state index is 1.14. The zero-order valence-electron chi connectivity index (χ0n) is 30.0. The van der Waals surface area contributed by atoms with Crippen molar-refractivity contribution < 1.29 is 0 Å². The van der Waals surface area contributed by atoms with Gasteiger partial charge in [0.15, 0.2) is 0 Å². The molecule has 0 aliphatic heterocycles. The molecule has 1 heteroatoms. The van der Waals surface area contributed by atoms with Gasteiger partial charge in [-0.3, -0.25) is 0 Å². The van der Waals surface area contributed by atoms with E-state index in [-0.39, 0.29) is 0 Å². The van der Waals surface area contributed by atoms with E-state index in [0.29, 0.717) is 0 Å². The van der Waals surface area contributed by atoms with Gasteiger partial charge in [0.05, 0.1) is 11.2 Å². The Kier molecular flexibility index (Phi) is 6.40. The molecule has 1 aromatic heterocycles. The smallest absolute Gasteiger partial charge is 0.0626 e. The van der Waals surface area contributed by atoms with Crippen molar-refractivity contribution in [3.8, 4) is 39.2 Å². The summed E-state index contributed by atoms with van der Waals surface area (Å²) in [5.41, 5.74) is 9.75. The predicted molar refractivity (Wildman–Crippen MR) is 236 cm³/mol. The molecular formula is C54H33N. The first kappa shape index (κ1) is 30.3. The molecule has 0 amide bonds. The Bertz CT molecular complexity index is 3450. The lowest BCUT2D eigenvalue weighted by Gasteiger charge is -2.20. The molecule has 0 radical (unpaired) electrons. The number of hydrogen-bond donors (Lipinski definition) is 0. The molecule has 0 atom stereocenters. The molecule has 0 fully saturated rings. The Labute approximate surface area is 318 Å². The van der Waals surface area contributed by atoms with Gasteiger partial charge in [-0.2, -0.15) is 0 Å². The van der Waals surface area contributed by atoms with Crippen molar-refractivity contribution in [1.29, 1.82) is 0 Å². The Morgan fingerprint density at radius 2 is 0.764 bits per heavy atom. The lowest BCUT2D eigenvalue weighted by molar-refractivity contribution is 1.14. The van der Waals surface area contributed by atoms with E-state index in [1.54, 1.807) is 0 Å². The largest absolute Gasteiger partial charge is 0.309 e. The molecule has 11 aromatic carbocycles. The summed E-state index contributed by atoms with van der Waals surface area (Å²) in [4.78, 5) is 0. The fraction of sp³-hybridized carbons (Fsp3) is 0. The molecule has 0 spiro atoms. The number of benzene rings is 11. The quantitative estimate of drug-likeness (QED) is 0.162. The predicted octanol–water partition coefficient (Wildman–Crippen LogP) is 15.0. The second-order valence-electron chi connectivity index (χ2n) is 14.8. The summed E-state index contributed by atoms with van der Waals surface area (Å²) in [5.74, 6) is 0. The normalized spacial score (nSPS) is 12.0. The highest BCUT2D eigenvalue weighted by Crippen LogP contribution is 2.50. The molecule has 0 aliphatic rings. The van der Waals surface area contributed by atoms with Crippen LogP contribution in [0.4, 0.5) is 0 Å². The molecule has 0 unspecified atom stereocenters. The standard InChI is InChI=1S/C54H33N/c1-2-19-39(20-3-1)55-49(42-31-29-38-28-27-36-17-10-18-37-30-32-47(42)51(38)50(36)37)33-48-52(43-25-11-15-34-13-4-6-21-40(34)43)45-23-8-9-24-46(45)53(54(48)55)44-26-12-16-35-14-5-7-22-41(35)44/h1-33H. The van der Waals surface area contributed by atoms with Crippen molar-refractivity contribution in [2.24, 2.45) is 0 Å². The monoisotopic (exact) mass is 695 g/mol. The molecule has 0 saturated carbocycles. The van der Waals surface area contributed by atoms with Gasteiger partial charge in [-0.1, -0.05) is 182 Å². The first-order valence-corrected chi connectivity index (χ1v) is 19.1. The molecule has 12 aromatic rings. The van der Waals surface area contributed by atoms with Crippen LogP contribution in [0.25, 0.3) is 115 Å². The summed E-state index contributed by atoms with van der Waals surface area (Å²) in [6.07, 6.45) is 0. The van der Waals surface area contributed by atoms with E-state index in [4.69, 9.17) is 0 Å². The molecule has 0 saturated heterocycles. The minimum atomic E-state index is 1.14. The van der Waals surface area contributed by atoms with Crippen LogP contribution in [0.5, 0.6) is 0 Å². The van der Waals surface area contributed by atoms with E-state index >= 15 is 0 Å². The number of para-hydroxylation sites is 1. The van der Waals surface area contributed by atoms with Crippen molar-refractivity contribution in [1.82, 2.24) is 4.57 Å². The minimum Gasteiger partial charge on any atom is -0.309 e. The zero-order chi connectivity index (χ0) is 36.0. The summed E-state index contributed by atoms with van der Waals surface area (Å²) in [7, 11) is 0. The highest BCUT2D eigenvalue weighted by Gasteiger charge is 2.26. The van der Waals surface area contributed by atoms with E-state index < -0.39 is 0 Å². The fourth-order valence-corrected chi connectivity index (χ4v) is 9.59. The maximum absolute atomic E-state index is 2.56. The molecule has 12 rings (SSSR count). The number of hydrogen-bond acceptors (Lipinski definition) is 0. The van der Waals surface area contributed by atoms with Crippen LogP contribution in [-0.4, -0.2) is 4.57 Å². The van der Waals surface area contributed by atoms with Gasteiger partial charge in [-0.05, 0) is 99.5 Å². The van der Waals surface area contributed by atoms with Gasteiger partial charge in [0.2, 0.25) is 0 Å². The highest BCUT2D eigenvalue weighted by molar-refractivity contribution is 6.28. The van der Waals surface area contributed by atoms with Crippen molar-refractivity contribution in [2.75, 3.05) is 0 Å². The van der Waals surface area contributed by atoms with E-state index in [0.717, 1.165) is 5.69 Å². The van der Waals surface area contributed by atoms with Gasteiger partial charge in [-0.15, -0.1) is 0 Å². The Morgan fingerprint density at radius 3 is 1.45 bits per heavy atom.